The molecule has 86 valence electrons. The Morgan fingerprint density at radius 3 is 2.81 bits per heavy atom. The molecule has 2 amide bonds. The van der Waals surface area contributed by atoms with Crippen LogP contribution in [0.3, 0.4) is 0 Å². The van der Waals surface area contributed by atoms with Crippen molar-refractivity contribution in [2.75, 3.05) is 5.32 Å². The number of rotatable bonds is 4. The summed E-state index contributed by atoms with van der Waals surface area (Å²) in [6, 6.07) is 2.47. The second-order valence-electron chi connectivity index (χ2n) is 3.40. The Labute approximate surface area is 93.0 Å². The number of hydrogen-bond acceptors (Lipinski definition) is 4. The lowest BCUT2D eigenvalue weighted by Gasteiger charge is -2.11. The number of aromatic nitrogens is 1. The van der Waals surface area contributed by atoms with Gasteiger partial charge in [-0.05, 0) is 19.1 Å². The predicted octanol–water partition coefficient (Wildman–Crippen LogP) is -0.469. The molecule has 0 bridgehead atoms. The first kappa shape index (κ1) is 12.1. The summed E-state index contributed by atoms with van der Waals surface area (Å²) in [5, 5.41) is 2.58. The summed E-state index contributed by atoms with van der Waals surface area (Å²) in [7, 11) is 0. The molecule has 0 spiro atoms. The van der Waals surface area contributed by atoms with Crippen molar-refractivity contribution in [1.29, 1.82) is 0 Å². The third kappa shape index (κ3) is 3.32. The van der Waals surface area contributed by atoms with Gasteiger partial charge in [-0.2, -0.15) is 0 Å². The highest BCUT2D eigenvalue weighted by atomic mass is 16.2. The van der Waals surface area contributed by atoms with Gasteiger partial charge < -0.3 is 16.8 Å². The van der Waals surface area contributed by atoms with Gasteiger partial charge in [-0.25, -0.2) is 0 Å². The molecule has 0 saturated carbocycles. The highest BCUT2D eigenvalue weighted by Crippen LogP contribution is 2.10. The van der Waals surface area contributed by atoms with Crippen LogP contribution in [0.15, 0.2) is 18.3 Å². The Bertz CT molecular complexity index is 406. The topological polar surface area (TPSA) is 111 Å². The number of nitrogens with zero attached hydrogens (tertiary/aromatic N) is 1. The summed E-state index contributed by atoms with van der Waals surface area (Å²) < 4.78 is 0. The minimum Gasteiger partial charge on any atom is -0.370 e. The molecule has 0 radical (unpaired) electrons. The maximum Gasteiger partial charge on any atom is 0.241 e. The number of pyridine rings is 1. The molecule has 0 aliphatic heterocycles. The summed E-state index contributed by atoms with van der Waals surface area (Å²) in [6.07, 6.45) is 1.44. The van der Waals surface area contributed by atoms with Crippen molar-refractivity contribution in [3.63, 3.8) is 0 Å². The first-order valence-electron chi connectivity index (χ1n) is 4.77. The van der Waals surface area contributed by atoms with E-state index in [2.05, 4.69) is 10.3 Å². The average Bonchev–Trinajstić information content (AvgIpc) is 2.20. The molecule has 1 rings (SSSR count). The average molecular weight is 222 g/mol. The Hall–Kier alpha value is -1.95. The van der Waals surface area contributed by atoms with Gasteiger partial charge in [-0.15, -0.1) is 0 Å². The van der Waals surface area contributed by atoms with Crippen LogP contribution in [0.25, 0.3) is 0 Å². The number of nitrogens with two attached hydrogens (primary N) is 2. The summed E-state index contributed by atoms with van der Waals surface area (Å²) >= 11 is 0. The fourth-order valence-corrected chi connectivity index (χ4v) is 1.15. The number of aryl methyl sites for hydroxylation is 1. The maximum atomic E-state index is 11.5. The van der Waals surface area contributed by atoms with Crippen molar-refractivity contribution < 1.29 is 9.59 Å². The highest BCUT2D eigenvalue weighted by Gasteiger charge is 2.16. The number of carbonyl (C=O) groups excluding carboxylic acids is 2. The van der Waals surface area contributed by atoms with Gasteiger partial charge in [0.25, 0.3) is 0 Å². The Kier molecular flexibility index (Phi) is 3.96. The molecule has 0 fully saturated rings. The summed E-state index contributed by atoms with van der Waals surface area (Å²) in [5.74, 6) is -1.06. The second kappa shape index (κ2) is 5.22. The Morgan fingerprint density at radius 1 is 1.56 bits per heavy atom. The van der Waals surface area contributed by atoms with E-state index in [1.54, 1.807) is 25.3 Å². The zero-order valence-electron chi connectivity index (χ0n) is 8.93. The molecular formula is C10H14N4O2. The van der Waals surface area contributed by atoms with Gasteiger partial charge in [0.2, 0.25) is 11.8 Å². The first-order valence-corrected chi connectivity index (χ1v) is 4.77. The molecule has 0 saturated heterocycles. The van der Waals surface area contributed by atoms with E-state index in [1.807, 2.05) is 0 Å². The Balaban J connectivity index is 2.64. The maximum absolute atomic E-state index is 11.5. The van der Waals surface area contributed by atoms with Crippen molar-refractivity contribution >= 4 is 17.5 Å². The fraction of sp³-hybridized carbons (Fsp3) is 0.300. The van der Waals surface area contributed by atoms with Crippen LogP contribution in [0.2, 0.25) is 0 Å². The van der Waals surface area contributed by atoms with E-state index in [-0.39, 0.29) is 6.42 Å². The molecule has 1 unspecified atom stereocenters. The smallest absolute Gasteiger partial charge is 0.241 e. The number of nitrogens with one attached hydrogen (secondary N) is 1. The van der Waals surface area contributed by atoms with E-state index in [0.29, 0.717) is 11.4 Å². The normalized spacial score (nSPS) is 11.9. The largest absolute Gasteiger partial charge is 0.370 e. The number of primary amides is 1. The number of anilines is 1. The van der Waals surface area contributed by atoms with Gasteiger partial charge in [-0.3, -0.25) is 14.6 Å². The van der Waals surface area contributed by atoms with Crippen molar-refractivity contribution in [2.45, 2.75) is 19.4 Å². The molecular weight excluding hydrogens is 208 g/mol. The number of amides is 2. The zero-order chi connectivity index (χ0) is 12.1. The van der Waals surface area contributed by atoms with E-state index >= 15 is 0 Å². The Morgan fingerprint density at radius 2 is 2.25 bits per heavy atom. The van der Waals surface area contributed by atoms with Crippen molar-refractivity contribution in [3.8, 4) is 0 Å². The summed E-state index contributed by atoms with van der Waals surface area (Å²) in [4.78, 5) is 26.1. The molecule has 6 heteroatoms. The van der Waals surface area contributed by atoms with E-state index in [4.69, 9.17) is 11.5 Å². The van der Waals surface area contributed by atoms with Crippen LogP contribution in [0.4, 0.5) is 5.69 Å². The van der Waals surface area contributed by atoms with Crippen LogP contribution in [0, 0.1) is 6.92 Å². The second-order valence-corrected chi connectivity index (χ2v) is 3.40. The number of carbonyl (C=O) groups is 2. The van der Waals surface area contributed by atoms with E-state index in [1.165, 1.54) is 0 Å². The van der Waals surface area contributed by atoms with Crippen LogP contribution < -0.4 is 16.8 Å². The van der Waals surface area contributed by atoms with Crippen molar-refractivity contribution in [3.05, 3.63) is 24.0 Å². The minimum atomic E-state index is -0.933. The highest BCUT2D eigenvalue weighted by molar-refractivity contribution is 5.97. The van der Waals surface area contributed by atoms with Crippen LogP contribution in [0.5, 0.6) is 0 Å². The van der Waals surface area contributed by atoms with E-state index < -0.39 is 17.9 Å². The summed E-state index contributed by atoms with van der Waals surface area (Å²) in [5.41, 5.74) is 11.7. The molecule has 1 atom stereocenters. The van der Waals surface area contributed by atoms with Gasteiger partial charge >= 0.3 is 0 Å². The van der Waals surface area contributed by atoms with Crippen molar-refractivity contribution in [2.24, 2.45) is 11.5 Å². The fourth-order valence-electron chi connectivity index (χ4n) is 1.15. The number of hydrogen-bond donors (Lipinski definition) is 3. The van der Waals surface area contributed by atoms with Gasteiger partial charge in [-0.1, -0.05) is 0 Å². The quantitative estimate of drug-likeness (QED) is 0.639. The molecule has 16 heavy (non-hydrogen) atoms. The molecule has 1 aromatic heterocycles. The molecule has 0 aliphatic rings. The lowest BCUT2D eigenvalue weighted by molar-refractivity contribution is -0.123. The third-order valence-corrected chi connectivity index (χ3v) is 2.02. The van der Waals surface area contributed by atoms with E-state index in [0.717, 1.165) is 0 Å². The molecule has 1 heterocycles. The van der Waals surface area contributed by atoms with Crippen LogP contribution >= 0.6 is 0 Å². The minimum absolute atomic E-state index is 0.175. The van der Waals surface area contributed by atoms with E-state index in [9.17, 15) is 9.59 Å². The lowest BCUT2D eigenvalue weighted by atomic mass is 10.2. The van der Waals surface area contributed by atoms with Gasteiger partial charge in [0, 0.05) is 6.20 Å². The third-order valence-electron chi connectivity index (χ3n) is 2.02. The monoisotopic (exact) mass is 222 g/mol. The van der Waals surface area contributed by atoms with Gasteiger partial charge in [0.15, 0.2) is 0 Å². The molecule has 0 aliphatic carbocycles. The zero-order valence-corrected chi connectivity index (χ0v) is 8.93. The van der Waals surface area contributed by atoms with Crippen LogP contribution in [-0.2, 0) is 9.59 Å². The molecule has 5 N–H and O–H groups in total. The SMILES string of the molecule is Cc1ncccc1NC(=O)C(N)CC(N)=O. The molecule has 1 aromatic rings. The predicted molar refractivity (Wildman–Crippen MR) is 59.4 cm³/mol. The first-order chi connectivity index (χ1) is 7.50. The summed E-state index contributed by atoms with van der Waals surface area (Å²) in [6.45, 7) is 1.76. The van der Waals surface area contributed by atoms with Crippen molar-refractivity contribution in [1.82, 2.24) is 4.98 Å². The standard InChI is InChI=1S/C10H14N4O2/c1-6-8(3-2-4-13-6)14-10(16)7(11)5-9(12)15/h2-4,7H,5,11H2,1H3,(H2,12,15)(H,14,16). The lowest BCUT2D eigenvalue weighted by Crippen LogP contribution is -2.39. The van der Waals surface area contributed by atoms with Crippen LogP contribution in [-0.4, -0.2) is 22.8 Å². The molecule has 6 nitrogen and oxygen atoms in total. The van der Waals surface area contributed by atoms with Crippen LogP contribution in [0.1, 0.15) is 12.1 Å². The molecule has 0 aromatic carbocycles. The van der Waals surface area contributed by atoms with Gasteiger partial charge in [0.05, 0.1) is 23.8 Å². The van der Waals surface area contributed by atoms with Gasteiger partial charge in [0.1, 0.15) is 0 Å².